The Kier molecular flexibility index (Phi) is 7.95. The lowest BCUT2D eigenvalue weighted by atomic mass is 9.99. The van der Waals surface area contributed by atoms with Gasteiger partial charge in [-0.1, -0.05) is 58.0 Å². The van der Waals surface area contributed by atoms with E-state index >= 15 is 0 Å². The number of aromatic hydroxyl groups is 2. The third-order valence-electron chi connectivity index (χ3n) is 5.36. The fourth-order valence-corrected chi connectivity index (χ4v) is 3.83. The van der Waals surface area contributed by atoms with Gasteiger partial charge in [0.15, 0.2) is 0 Å². The predicted molar refractivity (Wildman–Crippen MR) is 136 cm³/mol. The molecule has 0 aliphatic rings. The maximum Gasteiger partial charge on any atom is 0.259 e. The van der Waals surface area contributed by atoms with E-state index in [1.54, 1.807) is 48.5 Å². The molecule has 0 atom stereocenters. The fourth-order valence-electron chi connectivity index (χ4n) is 3.83. The number of anilines is 2. The van der Waals surface area contributed by atoms with Crippen LogP contribution in [0.25, 0.3) is 0 Å². The van der Waals surface area contributed by atoms with Crippen LogP contribution in [0.1, 0.15) is 59.5 Å². The molecule has 3 aromatic carbocycles. The maximum absolute atomic E-state index is 12.8. The van der Waals surface area contributed by atoms with Gasteiger partial charge in [0.25, 0.3) is 11.8 Å². The molecule has 0 fully saturated rings. The Hall–Kier alpha value is -3.80. The van der Waals surface area contributed by atoms with E-state index < -0.39 is 11.8 Å². The average molecular weight is 461 g/mol. The number of amides is 2. The van der Waals surface area contributed by atoms with Crippen molar-refractivity contribution in [1.82, 2.24) is 0 Å². The lowest BCUT2D eigenvalue weighted by Crippen LogP contribution is -2.15. The second-order valence-corrected chi connectivity index (χ2v) is 9.31. The number of rotatable bonds is 8. The highest BCUT2D eigenvalue weighted by Crippen LogP contribution is 2.28. The minimum absolute atomic E-state index is 0.0186. The predicted octanol–water partition coefficient (Wildman–Crippen LogP) is 6.00. The fraction of sp³-hybridized carbons (Fsp3) is 0.286. The molecule has 6 nitrogen and oxygen atoms in total. The maximum atomic E-state index is 12.8. The Labute approximate surface area is 200 Å². The topological polar surface area (TPSA) is 98.7 Å². The molecule has 0 saturated heterocycles. The molecule has 178 valence electrons. The Morgan fingerprint density at radius 1 is 0.676 bits per heavy atom. The van der Waals surface area contributed by atoms with Crippen LogP contribution in [-0.2, 0) is 12.8 Å². The Morgan fingerprint density at radius 2 is 1.06 bits per heavy atom. The van der Waals surface area contributed by atoms with Crippen LogP contribution < -0.4 is 10.6 Å². The summed E-state index contributed by atoms with van der Waals surface area (Å²) in [7, 11) is 0. The van der Waals surface area contributed by atoms with Crippen LogP contribution in [0.2, 0.25) is 0 Å². The lowest BCUT2D eigenvalue weighted by molar-refractivity contribution is 0.101. The number of hydrogen-bond donors (Lipinski definition) is 4. The van der Waals surface area contributed by atoms with E-state index in [-0.39, 0.29) is 22.6 Å². The highest BCUT2D eigenvalue weighted by atomic mass is 16.3. The summed E-state index contributed by atoms with van der Waals surface area (Å²) in [5.74, 6) is -0.230. The monoisotopic (exact) mass is 460 g/mol. The summed E-state index contributed by atoms with van der Waals surface area (Å²) in [6, 6.07) is 17.0. The highest BCUT2D eigenvalue weighted by Gasteiger charge is 2.17. The number of hydrogen-bond acceptors (Lipinski definition) is 4. The summed E-state index contributed by atoms with van der Waals surface area (Å²) in [6.45, 7) is 8.19. The van der Waals surface area contributed by atoms with Crippen LogP contribution in [-0.4, -0.2) is 22.0 Å². The second-order valence-electron chi connectivity index (χ2n) is 9.31. The van der Waals surface area contributed by atoms with Gasteiger partial charge in [-0.05, 0) is 66.1 Å². The Balaban J connectivity index is 1.75. The standard InChI is InChI=1S/C28H32N2O4/c1-17(2)14-19-8-5-12-23(25(19)31)27(33)29-21-10-7-11-22(16-21)30-28(34)24-13-6-9-20(26(24)32)15-18(3)4/h5-13,16-18,31-32H,14-15H2,1-4H3,(H,29,33)(H,30,34). The first-order chi connectivity index (χ1) is 16.2. The first-order valence-corrected chi connectivity index (χ1v) is 11.5. The van der Waals surface area contributed by atoms with Crippen molar-refractivity contribution < 1.29 is 19.8 Å². The summed E-state index contributed by atoms with van der Waals surface area (Å²) < 4.78 is 0. The van der Waals surface area contributed by atoms with Gasteiger partial charge in [0, 0.05) is 11.4 Å². The minimum Gasteiger partial charge on any atom is -0.507 e. The van der Waals surface area contributed by atoms with Gasteiger partial charge in [-0.3, -0.25) is 9.59 Å². The molecule has 0 aliphatic carbocycles. The van der Waals surface area contributed by atoms with Crippen molar-refractivity contribution in [3.05, 3.63) is 82.9 Å². The number of phenols is 2. The molecular weight excluding hydrogens is 428 g/mol. The van der Waals surface area contributed by atoms with Crippen molar-refractivity contribution in [2.75, 3.05) is 10.6 Å². The van der Waals surface area contributed by atoms with Crippen molar-refractivity contribution in [2.45, 2.75) is 40.5 Å². The van der Waals surface area contributed by atoms with Crippen molar-refractivity contribution >= 4 is 23.2 Å². The first kappa shape index (κ1) is 24.8. The Bertz CT molecular complexity index is 1100. The van der Waals surface area contributed by atoms with Gasteiger partial charge in [0.1, 0.15) is 11.5 Å². The normalized spacial score (nSPS) is 11.0. The summed E-state index contributed by atoms with van der Waals surface area (Å²) in [4.78, 5) is 25.6. The molecule has 34 heavy (non-hydrogen) atoms. The molecule has 2 amide bonds. The van der Waals surface area contributed by atoms with E-state index in [9.17, 15) is 19.8 Å². The number of para-hydroxylation sites is 2. The van der Waals surface area contributed by atoms with Crippen LogP contribution in [0.4, 0.5) is 11.4 Å². The van der Waals surface area contributed by atoms with Crippen LogP contribution in [0.15, 0.2) is 60.7 Å². The van der Waals surface area contributed by atoms with Crippen molar-refractivity contribution in [3.63, 3.8) is 0 Å². The lowest BCUT2D eigenvalue weighted by Gasteiger charge is -2.13. The second kappa shape index (κ2) is 10.9. The molecule has 0 heterocycles. The molecule has 0 aromatic heterocycles. The zero-order valence-corrected chi connectivity index (χ0v) is 20.1. The van der Waals surface area contributed by atoms with Crippen LogP contribution in [0.3, 0.4) is 0 Å². The van der Waals surface area contributed by atoms with Crippen molar-refractivity contribution in [1.29, 1.82) is 0 Å². The van der Waals surface area contributed by atoms with Gasteiger partial charge in [-0.25, -0.2) is 0 Å². The number of carbonyl (C=O) groups excluding carboxylic acids is 2. The summed E-state index contributed by atoms with van der Waals surface area (Å²) in [6.07, 6.45) is 1.33. The number of phenolic OH excluding ortho intramolecular Hbond substituents is 2. The summed E-state index contributed by atoms with van der Waals surface area (Å²) in [5.41, 5.74) is 2.77. The molecule has 0 bridgehead atoms. The smallest absolute Gasteiger partial charge is 0.259 e. The van der Waals surface area contributed by atoms with E-state index in [1.807, 2.05) is 39.8 Å². The number of carbonyl (C=O) groups is 2. The third kappa shape index (κ3) is 6.16. The molecule has 0 unspecified atom stereocenters. The van der Waals surface area contributed by atoms with E-state index in [0.717, 1.165) is 11.1 Å². The zero-order valence-electron chi connectivity index (χ0n) is 20.1. The molecule has 3 aromatic rings. The van der Waals surface area contributed by atoms with E-state index in [4.69, 9.17) is 0 Å². The van der Waals surface area contributed by atoms with Crippen LogP contribution in [0.5, 0.6) is 11.5 Å². The SMILES string of the molecule is CC(C)Cc1cccc(C(=O)Nc2cccc(NC(=O)c3cccc(CC(C)C)c3O)c2)c1O. The molecule has 0 saturated carbocycles. The van der Waals surface area contributed by atoms with Gasteiger partial charge < -0.3 is 20.8 Å². The number of benzene rings is 3. The third-order valence-corrected chi connectivity index (χ3v) is 5.36. The number of nitrogens with one attached hydrogen (secondary N) is 2. The molecule has 4 N–H and O–H groups in total. The van der Waals surface area contributed by atoms with E-state index in [2.05, 4.69) is 10.6 Å². The van der Waals surface area contributed by atoms with E-state index in [1.165, 1.54) is 0 Å². The van der Waals surface area contributed by atoms with Crippen LogP contribution in [0, 0.1) is 11.8 Å². The van der Waals surface area contributed by atoms with Crippen molar-refractivity contribution in [2.24, 2.45) is 11.8 Å². The average Bonchev–Trinajstić information content (AvgIpc) is 2.76. The summed E-state index contributed by atoms with van der Waals surface area (Å²) in [5, 5.41) is 26.6. The molecule has 0 aliphatic heterocycles. The van der Waals surface area contributed by atoms with E-state index in [0.29, 0.717) is 36.1 Å². The molecular formula is C28H32N2O4. The first-order valence-electron chi connectivity index (χ1n) is 11.5. The summed E-state index contributed by atoms with van der Waals surface area (Å²) >= 11 is 0. The molecule has 3 rings (SSSR count). The molecule has 0 spiro atoms. The Morgan fingerprint density at radius 3 is 1.44 bits per heavy atom. The molecule has 0 radical (unpaired) electrons. The quantitative estimate of drug-likeness (QED) is 0.331. The van der Waals surface area contributed by atoms with Gasteiger partial charge in [-0.15, -0.1) is 0 Å². The van der Waals surface area contributed by atoms with Gasteiger partial charge >= 0.3 is 0 Å². The van der Waals surface area contributed by atoms with Crippen LogP contribution >= 0.6 is 0 Å². The molecule has 6 heteroatoms. The van der Waals surface area contributed by atoms with Crippen molar-refractivity contribution in [3.8, 4) is 11.5 Å². The van der Waals surface area contributed by atoms with Gasteiger partial charge in [0.05, 0.1) is 11.1 Å². The van der Waals surface area contributed by atoms with Gasteiger partial charge in [-0.2, -0.15) is 0 Å². The van der Waals surface area contributed by atoms with Gasteiger partial charge in [0.2, 0.25) is 0 Å². The minimum atomic E-state index is -0.439. The zero-order chi connectivity index (χ0) is 24.8. The largest absolute Gasteiger partial charge is 0.507 e. The highest BCUT2D eigenvalue weighted by molar-refractivity contribution is 6.08.